The average molecular weight is 356 g/mol. The summed E-state index contributed by atoms with van der Waals surface area (Å²) < 4.78 is 4.95. The topological polar surface area (TPSA) is 64.3 Å². The summed E-state index contributed by atoms with van der Waals surface area (Å²) in [5.74, 6) is -0.342. The van der Waals surface area contributed by atoms with Crippen LogP contribution in [0.5, 0.6) is 0 Å². The minimum absolute atomic E-state index is 0.342. The Morgan fingerprint density at radius 2 is 1.92 bits per heavy atom. The SMILES string of the molecule is CCc1cccc(C)c1C(=S)N[C@@H](Cc1ccc(N)cc1)C(=O)OC. The molecule has 0 unspecified atom stereocenters. The third-order valence-electron chi connectivity index (χ3n) is 4.18. The Bertz CT molecular complexity index is 757. The van der Waals surface area contributed by atoms with Gasteiger partial charge in [0.2, 0.25) is 0 Å². The van der Waals surface area contributed by atoms with Crippen molar-refractivity contribution in [3.05, 3.63) is 64.7 Å². The van der Waals surface area contributed by atoms with Crippen LogP contribution in [0.4, 0.5) is 5.69 Å². The standard InChI is InChI=1S/C20H24N2O2S/c1-4-15-7-5-6-13(2)18(15)19(25)22-17(20(23)24-3)12-14-8-10-16(21)11-9-14/h5-11,17H,4,12,21H2,1-3H3,(H,22,25)/t17-/m0/s1. The van der Waals surface area contributed by atoms with Gasteiger partial charge in [-0.05, 0) is 42.2 Å². The number of nitrogens with two attached hydrogens (primary N) is 1. The lowest BCUT2D eigenvalue weighted by molar-refractivity contribution is -0.142. The molecule has 0 radical (unpaired) electrons. The van der Waals surface area contributed by atoms with Crippen LogP contribution in [0.25, 0.3) is 0 Å². The minimum atomic E-state index is -0.551. The van der Waals surface area contributed by atoms with Crippen molar-refractivity contribution >= 4 is 28.9 Å². The highest BCUT2D eigenvalue weighted by molar-refractivity contribution is 7.80. The van der Waals surface area contributed by atoms with E-state index in [2.05, 4.69) is 18.3 Å². The molecule has 0 saturated carbocycles. The predicted octanol–water partition coefficient (Wildman–Crippen LogP) is 3.19. The molecule has 4 nitrogen and oxygen atoms in total. The quantitative estimate of drug-likeness (QED) is 0.473. The highest BCUT2D eigenvalue weighted by atomic mass is 32.1. The second-order valence-corrected chi connectivity index (χ2v) is 6.37. The van der Waals surface area contributed by atoms with Gasteiger partial charge in [0, 0.05) is 17.7 Å². The van der Waals surface area contributed by atoms with Crippen molar-refractivity contribution < 1.29 is 9.53 Å². The molecule has 0 aliphatic heterocycles. The van der Waals surface area contributed by atoms with Crippen molar-refractivity contribution in [3.8, 4) is 0 Å². The number of carbonyl (C=O) groups is 1. The number of methoxy groups -OCH3 is 1. The molecule has 1 atom stereocenters. The number of carbonyl (C=O) groups excluding carboxylic acids is 1. The van der Waals surface area contributed by atoms with Crippen LogP contribution in [-0.2, 0) is 22.4 Å². The van der Waals surface area contributed by atoms with E-state index in [1.807, 2.05) is 43.3 Å². The lowest BCUT2D eigenvalue weighted by atomic mass is 9.99. The molecule has 0 heterocycles. The van der Waals surface area contributed by atoms with Crippen molar-refractivity contribution in [2.75, 3.05) is 12.8 Å². The van der Waals surface area contributed by atoms with Crippen molar-refractivity contribution in [2.24, 2.45) is 0 Å². The molecule has 5 heteroatoms. The Labute approximate surface area is 154 Å². The summed E-state index contributed by atoms with van der Waals surface area (Å²) in [7, 11) is 1.38. The second kappa shape index (κ2) is 8.62. The van der Waals surface area contributed by atoms with Crippen LogP contribution in [0.1, 0.15) is 29.2 Å². The van der Waals surface area contributed by atoms with Gasteiger partial charge in [0.25, 0.3) is 0 Å². The summed E-state index contributed by atoms with van der Waals surface area (Å²) in [5, 5.41) is 3.19. The van der Waals surface area contributed by atoms with E-state index in [0.717, 1.165) is 28.7 Å². The normalized spacial score (nSPS) is 11.6. The minimum Gasteiger partial charge on any atom is -0.467 e. The molecule has 0 aliphatic rings. The number of thiocarbonyl (C=S) groups is 1. The number of hydrogen-bond acceptors (Lipinski definition) is 4. The van der Waals surface area contributed by atoms with Crippen LogP contribution in [0.15, 0.2) is 42.5 Å². The number of ether oxygens (including phenoxy) is 1. The Morgan fingerprint density at radius 1 is 1.24 bits per heavy atom. The lowest BCUT2D eigenvalue weighted by Gasteiger charge is -2.21. The van der Waals surface area contributed by atoms with Crippen molar-refractivity contribution in [3.63, 3.8) is 0 Å². The Balaban J connectivity index is 2.24. The van der Waals surface area contributed by atoms with E-state index in [1.165, 1.54) is 7.11 Å². The zero-order valence-corrected chi connectivity index (χ0v) is 15.7. The first kappa shape index (κ1) is 18.9. The molecule has 0 amide bonds. The number of rotatable bonds is 6. The van der Waals surface area contributed by atoms with Gasteiger partial charge in [0.15, 0.2) is 0 Å². The number of anilines is 1. The van der Waals surface area contributed by atoms with Gasteiger partial charge >= 0.3 is 5.97 Å². The number of esters is 1. The van der Waals surface area contributed by atoms with Crippen LogP contribution < -0.4 is 11.1 Å². The smallest absolute Gasteiger partial charge is 0.328 e. The summed E-state index contributed by atoms with van der Waals surface area (Å²) in [6, 6.07) is 13.0. The Kier molecular flexibility index (Phi) is 6.53. The number of nitrogens with one attached hydrogen (secondary N) is 1. The van der Waals surface area contributed by atoms with Crippen molar-refractivity contribution in [2.45, 2.75) is 32.7 Å². The molecule has 3 N–H and O–H groups in total. The number of aryl methyl sites for hydroxylation is 2. The molecule has 0 saturated heterocycles. The van der Waals surface area contributed by atoms with E-state index in [4.69, 9.17) is 22.7 Å². The number of hydrogen-bond donors (Lipinski definition) is 2. The molecule has 0 aromatic heterocycles. The fourth-order valence-electron chi connectivity index (χ4n) is 2.80. The molecule has 0 spiro atoms. The highest BCUT2D eigenvalue weighted by Gasteiger charge is 2.22. The predicted molar refractivity (Wildman–Crippen MR) is 106 cm³/mol. The Morgan fingerprint density at radius 3 is 2.52 bits per heavy atom. The van der Waals surface area contributed by atoms with E-state index < -0.39 is 6.04 Å². The van der Waals surface area contributed by atoms with Crippen molar-refractivity contribution in [1.82, 2.24) is 5.32 Å². The first-order valence-electron chi connectivity index (χ1n) is 8.27. The van der Waals surface area contributed by atoms with E-state index in [-0.39, 0.29) is 5.97 Å². The van der Waals surface area contributed by atoms with Gasteiger partial charge in [-0.3, -0.25) is 0 Å². The maximum atomic E-state index is 12.2. The summed E-state index contributed by atoms with van der Waals surface area (Å²) in [5.41, 5.74) is 10.6. The third-order valence-corrected chi connectivity index (χ3v) is 4.50. The lowest BCUT2D eigenvalue weighted by Crippen LogP contribution is -2.43. The van der Waals surface area contributed by atoms with Crippen LogP contribution in [0.3, 0.4) is 0 Å². The van der Waals surface area contributed by atoms with Gasteiger partial charge < -0.3 is 15.8 Å². The molecule has 2 aromatic rings. The third kappa shape index (κ3) is 4.79. The Hall–Kier alpha value is -2.40. The zero-order valence-electron chi connectivity index (χ0n) is 14.8. The van der Waals surface area contributed by atoms with Crippen LogP contribution >= 0.6 is 12.2 Å². The summed E-state index contributed by atoms with van der Waals surface area (Å²) >= 11 is 5.60. The first-order valence-corrected chi connectivity index (χ1v) is 8.68. The number of nitrogen functional groups attached to an aromatic ring is 1. The monoisotopic (exact) mass is 356 g/mol. The average Bonchev–Trinajstić information content (AvgIpc) is 2.61. The van der Waals surface area contributed by atoms with E-state index in [0.29, 0.717) is 17.1 Å². The maximum Gasteiger partial charge on any atom is 0.328 e. The molecule has 0 bridgehead atoms. The molecule has 0 aliphatic carbocycles. The number of benzene rings is 2. The van der Waals surface area contributed by atoms with Gasteiger partial charge in [-0.1, -0.05) is 49.5 Å². The van der Waals surface area contributed by atoms with Gasteiger partial charge in [-0.2, -0.15) is 0 Å². The van der Waals surface area contributed by atoms with Crippen molar-refractivity contribution in [1.29, 1.82) is 0 Å². The van der Waals surface area contributed by atoms with E-state index in [9.17, 15) is 4.79 Å². The summed E-state index contributed by atoms with van der Waals surface area (Å²) in [6.07, 6.45) is 1.35. The van der Waals surface area contributed by atoms with E-state index in [1.54, 1.807) is 0 Å². The molecule has 132 valence electrons. The van der Waals surface area contributed by atoms with Gasteiger partial charge in [-0.15, -0.1) is 0 Å². The highest BCUT2D eigenvalue weighted by Crippen LogP contribution is 2.17. The summed E-state index contributed by atoms with van der Waals surface area (Å²) in [6.45, 7) is 4.11. The second-order valence-electron chi connectivity index (χ2n) is 5.96. The van der Waals surface area contributed by atoms with Gasteiger partial charge in [0.1, 0.15) is 11.0 Å². The summed E-state index contributed by atoms with van der Waals surface area (Å²) in [4.78, 5) is 12.8. The molecular weight excluding hydrogens is 332 g/mol. The largest absolute Gasteiger partial charge is 0.467 e. The van der Waals surface area contributed by atoms with Gasteiger partial charge in [-0.25, -0.2) is 4.79 Å². The molecular formula is C20H24N2O2S. The van der Waals surface area contributed by atoms with Crippen LogP contribution in [0.2, 0.25) is 0 Å². The molecule has 2 aromatic carbocycles. The zero-order chi connectivity index (χ0) is 18.4. The molecule has 2 rings (SSSR count). The van der Waals surface area contributed by atoms with Gasteiger partial charge in [0.05, 0.1) is 7.11 Å². The first-order chi connectivity index (χ1) is 12.0. The fraction of sp³-hybridized carbons (Fsp3) is 0.300. The molecule has 25 heavy (non-hydrogen) atoms. The van der Waals surface area contributed by atoms with Crippen LogP contribution in [0, 0.1) is 6.92 Å². The van der Waals surface area contributed by atoms with E-state index >= 15 is 0 Å². The maximum absolute atomic E-state index is 12.2. The van der Waals surface area contributed by atoms with Crippen LogP contribution in [-0.4, -0.2) is 24.1 Å². The molecule has 0 fully saturated rings. The fourth-order valence-corrected chi connectivity index (χ4v) is 3.24.